The van der Waals surface area contributed by atoms with Crippen LogP contribution in [0.15, 0.2) is 28.9 Å². The molecule has 0 bridgehead atoms. The summed E-state index contributed by atoms with van der Waals surface area (Å²) in [7, 11) is 0. The van der Waals surface area contributed by atoms with E-state index in [4.69, 9.17) is 10.1 Å². The van der Waals surface area contributed by atoms with Gasteiger partial charge in [0.1, 0.15) is 5.82 Å². The summed E-state index contributed by atoms with van der Waals surface area (Å²) in [5.41, 5.74) is 0.327. The molecule has 1 aromatic rings. The normalized spacial score (nSPS) is 18.5. The van der Waals surface area contributed by atoms with Gasteiger partial charge in [-0.05, 0) is 32.2 Å². The van der Waals surface area contributed by atoms with Gasteiger partial charge in [0.05, 0.1) is 22.7 Å². The van der Waals surface area contributed by atoms with Gasteiger partial charge in [-0.15, -0.1) is 11.3 Å². The number of nitrogens with one attached hydrogen (secondary N) is 4. The van der Waals surface area contributed by atoms with E-state index in [0.29, 0.717) is 22.7 Å². The van der Waals surface area contributed by atoms with Gasteiger partial charge in [0.25, 0.3) is 5.91 Å². The number of alkyl carbamates (subject to hydrolysis) is 1. The van der Waals surface area contributed by atoms with Crippen LogP contribution in [0.3, 0.4) is 0 Å². The lowest BCUT2D eigenvalue weighted by molar-refractivity contribution is 0.0966. The molecule has 1 aromatic heterocycles. The summed E-state index contributed by atoms with van der Waals surface area (Å²) in [6.07, 6.45) is -0.668. The summed E-state index contributed by atoms with van der Waals surface area (Å²) >= 11 is 1.30. The zero-order chi connectivity index (χ0) is 17.0. The SMILES string of the molecule is CCOC(=O)N/C(NC(=O)c1cccs1)=C1/CNC(C)(C)C1=N. The first-order valence-electron chi connectivity index (χ1n) is 7.21. The number of carbonyl (C=O) groups is 2. The summed E-state index contributed by atoms with van der Waals surface area (Å²) < 4.78 is 4.87. The maximum atomic E-state index is 12.3. The Morgan fingerprint density at radius 3 is 2.70 bits per heavy atom. The third-order valence-electron chi connectivity index (χ3n) is 3.42. The lowest BCUT2D eigenvalue weighted by Crippen LogP contribution is -2.39. The quantitative estimate of drug-likeness (QED) is 0.673. The fourth-order valence-electron chi connectivity index (χ4n) is 2.11. The predicted molar refractivity (Wildman–Crippen MR) is 88.8 cm³/mol. The fraction of sp³-hybridized carbons (Fsp3) is 0.400. The Bertz CT molecular complexity index is 650. The molecule has 1 saturated heterocycles. The largest absolute Gasteiger partial charge is 0.450 e. The van der Waals surface area contributed by atoms with Crippen LogP contribution in [0, 0.1) is 5.41 Å². The number of hydrogen-bond acceptors (Lipinski definition) is 6. The van der Waals surface area contributed by atoms with E-state index in [1.54, 1.807) is 24.4 Å². The standard InChI is InChI=1S/C15H20N4O3S/c1-4-22-14(21)19-12(9-8-17-15(2,3)11(9)16)18-13(20)10-6-5-7-23-10/h5-7,16-17H,4,8H2,1-3H3,(H,18,20)(H,19,21)/b12-9-,16-11?. The number of ether oxygens (including phenoxy) is 1. The van der Waals surface area contributed by atoms with Crippen LogP contribution in [0.4, 0.5) is 4.79 Å². The fourth-order valence-corrected chi connectivity index (χ4v) is 2.73. The molecule has 0 spiro atoms. The number of hydrogen-bond donors (Lipinski definition) is 4. The van der Waals surface area contributed by atoms with E-state index >= 15 is 0 Å². The van der Waals surface area contributed by atoms with Gasteiger partial charge >= 0.3 is 6.09 Å². The van der Waals surface area contributed by atoms with Gasteiger partial charge < -0.3 is 20.8 Å². The lowest BCUT2D eigenvalue weighted by Gasteiger charge is -2.18. The average molecular weight is 336 g/mol. The second-order valence-corrected chi connectivity index (χ2v) is 6.43. The minimum Gasteiger partial charge on any atom is -0.450 e. The minimum atomic E-state index is -0.668. The van der Waals surface area contributed by atoms with Crippen LogP contribution in [0.2, 0.25) is 0 Å². The number of thiophene rings is 1. The van der Waals surface area contributed by atoms with Crippen molar-refractivity contribution in [3.63, 3.8) is 0 Å². The number of rotatable bonds is 4. The number of carbonyl (C=O) groups excluding carboxylic acids is 2. The van der Waals surface area contributed by atoms with Gasteiger partial charge in [0, 0.05) is 12.1 Å². The minimum absolute atomic E-state index is 0.185. The van der Waals surface area contributed by atoms with Gasteiger partial charge in [0.2, 0.25) is 0 Å². The van der Waals surface area contributed by atoms with E-state index < -0.39 is 11.6 Å². The maximum absolute atomic E-state index is 12.3. The first-order chi connectivity index (χ1) is 10.8. The van der Waals surface area contributed by atoms with Crippen LogP contribution in [-0.2, 0) is 4.74 Å². The van der Waals surface area contributed by atoms with Crippen molar-refractivity contribution < 1.29 is 14.3 Å². The van der Waals surface area contributed by atoms with Crippen LogP contribution < -0.4 is 16.0 Å². The molecule has 0 saturated carbocycles. The molecule has 0 atom stereocenters. The highest BCUT2D eigenvalue weighted by atomic mass is 32.1. The number of amides is 2. The zero-order valence-corrected chi connectivity index (χ0v) is 14.1. The summed E-state index contributed by atoms with van der Waals surface area (Å²) in [6, 6.07) is 3.46. The Hall–Kier alpha value is -2.19. The molecule has 0 aromatic carbocycles. The summed E-state index contributed by atoms with van der Waals surface area (Å²) in [6.45, 7) is 6.02. The predicted octanol–water partition coefficient (Wildman–Crippen LogP) is 1.84. The highest BCUT2D eigenvalue weighted by Crippen LogP contribution is 2.20. The second-order valence-electron chi connectivity index (χ2n) is 5.48. The molecular formula is C15H20N4O3S. The zero-order valence-electron chi connectivity index (χ0n) is 13.3. The van der Waals surface area contributed by atoms with E-state index in [2.05, 4.69) is 16.0 Å². The molecule has 1 fully saturated rings. The molecule has 1 aliphatic rings. The Labute approximate surface area is 138 Å². The third-order valence-corrected chi connectivity index (χ3v) is 4.29. The van der Waals surface area contributed by atoms with E-state index in [0.717, 1.165) is 0 Å². The van der Waals surface area contributed by atoms with E-state index in [1.807, 2.05) is 13.8 Å². The Morgan fingerprint density at radius 2 is 2.17 bits per heavy atom. The maximum Gasteiger partial charge on any atom is 0.412 e. The monoisotopic (exact) mass is 336 g/mol. The topological polar surface area (TPSA) is 103 Å². The van der Waals surface area contributed by atoms with E-state index in [9.17, 15) is 9.59 Å². The Balaban J connectivity index is 2.27. The van der Waals surface area contributed by atoms with Crippen molar-refractivity contribution in [2.75, 3.05) is 13.2 Å². The van der Waals surface area contributed by atoms with Crippen LogP contribution in [0.25, 0.3) is 0 Å². The highest BCUT2D eigenvalue weighted by molar-refractivity contribution is 7.12. The molecule has 23 heavy (non-hydrogen) atoms. The third kappa shape index (κ3) is 3.96. The van der Waals surface area contributed by atoms with Gasteiger partial charge in [-0.2, -0.15) is 0 Å². The van der Waals surface area contributed by atoms with Crippen LogP contribution in [-0.4, -0.2) is 36.4 Å². The van der Waals surface area contributed by atoms with Crippen molar-refractivity contribution in [3.05, 3.63) is 33.8 Å². The summed E-state index contributed by atoms with van der Waals surface area (Å²) in [5, 5.41) is 18.4. The van der Waals surface area contributed by atoms with Gasteiger partial charge in [0.15, 0.2) is 0 Å². The molecule has 0 unspecified atom stereocenters. The van der Waals surface area contributed by atoms with E-state index in [1.165, 1.54) is 11.3 Å². The first-order valence-corrected chi connectivity index (χ1v) is 8.09. The molecule has 2 amide bonds. The molecular weight excluding hydrogens is 316 g/mol. The van der Waals surface area contributed by atoms with E-state index in [-0.39, 0.29) is 18.3 Å². The van der Waals surface area contributed by atoms with Crippen molar-refractivity contribution in [2.24, 2.45) is 0 Å². The van der Waals surface area contributed by atoms with Crippen molar-refractivity contribution in [2.45, 2.75) is 26.3 Å². The van der Waals surface area contributed by atoms with Crippen molar-refractivity contribution in [1.29, 1.82) is 5.41 Å². The lowest BCUT2D eigenvalue weighted by atomic mass is 9.98. The molecule has 7 nitrogen and oxygen atoms in total. The Morgan fingerprint density at radius 1 is 1.43 bits per heavy atom. The second kappa shape index (κ2) is 6.93. The van der Waals surface area contributed by atoms with Crippen LogP contribution in [0.1, 0.15) is 30.4 Å². The summed E-state index contributed by atoms with van der Waals surface area (Å²) in [4.78, 5) is 24.5. The molecule has 2 heterocycles. The van der Waals surface area contributed by atoms with Crippen molar-refractivity contribution >= 4 is 29.0 Å². The summed E-state index contributed by atoms with van der Waals surface area (Å²) in [5.74, 6) is -0.151. The van der Waals surface area contributed by atoms with Crippen LogP contribution in [0.5, 0.6) is 0 Å². The Kier molecular flexibility index (Phi) is 5.17. The average Bonchev–Trinajstić information content (AvgIpc) is 3.09. The van der Waals surface area contributed by atoms with Gasteiger partial charge in [-0.1, -0.05) is 6.07 Å². The van der Waals surface area contributed by atoms with Crippen LogP contribution >= 0.6 is 11.3 Å². The molecule has 0 radical (unpaired) electrons. The van der Waals surface area contributed by atoms with Gasteiger partial charge in [-0.3, -0.25) is 10.1 Å². The van der Waals surface area contributed by atoms with Crippen molar-refractivity contribution in [3.8, 4) is 0 Å². The highest BCUT2D eigenvalue weighted by Gasteiger charge is 2.35. The molecule has 8 heteroatoms. The van der Waals surface area contributed by atoms with Gasteiger partial charge in [-0.25, -0.2) is 4.79 Å². The molecule has 1 aliphatic heterocycles. The smallest absolute Gasteiger partial charge is 0.412 e. The molecule has 2 rings (SSSR count). The first kappa shape index (κ1) is 17.2. The van der Waals surface area contributed by atoms with Crippen molar-refractivity contribution in [1.82, 2.24) is 16.0 Å². The molecule has 4 N–H and O–H groups in total. The molecule has 0 aliphatic carbocycles. The molecule has 124 valence electrons.